The number of aryl methyl sites for hydroxylation is 2. The van der Waals surface area contributed by atoms with Crippen molar-refractivity contribution in [3.8, 4) is 5.75 Å². The fourth-order valence-electron chi connectivity index (χ4n) is 3.06. The Kier molecular flexibility index (Phi) is 7.53. The van der Waals surface area contributed by atoms with Crippen molar-refractivity contribution in [2.45, 2.75) is 40.0 Å². The molecule has 1 N–H and O–H groups in total. The molecule has 0 aliphatic carbocycles. The van der Waals surface area contributed by atoms with Crippen LogP contribution in [0.5, 0.6) is 5.75 Å². The highest BCUT2D eigenvalue weighted by Gasteiger charge is 2.22. The lowest BCUT2D eigenvalue weighted by Gasteiger charge is -2.24. The molecule has 0 saturated heterocycles. The summed E-state index contributed by atoms with van der Waals surface area (Å²) >= 11 is 0. The van der Waals surface area contributed by atoms with Gasteiger partial charge in [-0.1, -0.05) is 50.6 Å². The molecule has 2 rings (SSSR count). The van der Waals surface area contributed by atoms with Crippen molar-refractivity contribution < 1.29 is 17.9 Å². The van der Waals surface area contributed by atoms with Crippen molar-refractivity contribution >= 4 is 21.6 Å². The zero-order chi connectivity index (χ0) is 22.5. The zero-order valence-corrected chi connectivity index (χ0v) is 19.5. The summed E-state index contributed by atoms with van der Waals surface area (Å²) in [5.41, 5.74) is 3.63. The molecule has 0 atom stereocenters. The summed E-state index contributed by atoms with van der Waals surface area (Å²) < 4.78 is 31.3. The number of benzene rings is 2. The quantitative estimate of drug-likeness (QED) is 0.647. The number of hydrogen-bond acceptors (Lipinski definition) is 4. The van der Waals surface area contributed by atoms with Gasteiger partial charge < -0.3 is 10.1 Å². The van der Waals surface area contributed by atoms with Crippen LogP contribution in [0.4, 0.5) is 5.69 Å². The van der Waals surface area contributed by atoms with E-state index in [-0.39, 0.29) is 24.4 Å². The minimum Gasteiger partial charge on any atom is -0.492 e. The monoisotopic (exact) mass is 432 g/mol. The van der Waals surface area contributed by atoms with Crippen LogP contribution in [0.15, 0.2) is 42.5 Å². The maximum absolute atomic E-state index is 12.3. The first-order valence-corrected chi connectivity index (χ1v) is 11.8. The van der Waals surface area contributed by atoms with Gasteiger partial charge in [-0.05, 0) is 48.6 Å². The third-order valence-electron chi connectivity index (χ3n) is 4.72. The number of carbonyl (C=O) groups is 1. The topological polar surface area (TPSA) is 75.7 Å². The van der Waals surface area contributed by atoms with Gasteiger partial charge in [-0.3, -0.25) is 9.10 Å². The lowest BCUT2D eigenvalue weighted by atomic mass is 9.87. The maximum atomic E-state index is 12.3. The van der Waals surface area contributed by atoms with Crippen molar-refractivity contribution in [2.75, 3.05) is 30.3 Å². The molecule has 6 nitrogen and oxygen atoms in total. The number of amides is 1. The lowest BCUT2D eigenvalue weighted by Crippen LogP contribution is -2.41. The Morgan fingerprint density at radius 3 is 2.23 bits per heavy atom. The number of sulfonamides is 1. The highest BCUT2D eigenvalue weighted by atomic mass is 32.2. The van der Waals surface area contributed by atoms with Gasteiger partial charge in [0, 0.05) is 0 Å². The summed E-state index contributed by atoms with van der Waals surface area (Å²) in [6.07, 6.45) is 1.10. The molecule has 0 bridgehead atoms. The highest BCUT2D eigenvalue weighted by molar-refractivity contribution is 7.92. The first-order valence-electron chi connectivity index (χ1n) is 9.93. The molecule has 164 valence electrons. The fraction of sp³-hybridized carbons (Fsp3) is 0.435. The minimum absolute atomic E-state index is 0.0772. The molecule has 1 amide bonds. The van der Waals surface area contributed by atoms with E-state index >= 15 is 0 Å². The Morgan fingerprint density at radius 2 is 1.70 bits per heavy atom. The second-order valence-corrected chi connectivity index (χ2v) is 10.4. The number of hydrogen-bond donors (Lipinski definition) is 1. The molecule has 0 radical (unpaired) electrons. The molecule has 0 saturated carbocycles. The molecular formula is C23H32N2O4S. The second kappa shape index (κ2) is 9.51. The van der Waals surface area contributed by atoms with Crippen LogP contribution in [0.2, 0.25) is 0 Å². The van der Waals surface area contributed by atoms with E-state index in [0.717, 1.165) is 27.4 Å². The molecule has 0 spiro atoms. The van der Waals surface area contributed by atoms with E-state index in [2.05, 4.69) is 26.1 Å². The Morgan fingerprint density at radius 1 is 1.07 bits per heavy atom. The highest BCUT2D eigenvalue weighted by Crippen LogP contribution is 2.24. The maximum Gasteiger partial charge on any atom is 0.240 e. The Bertz CT molecular complexity index is 977. The second-order valence-electron chi connectivity index (χ2n) is 8.53. The molecule has 0 fully saturated rings. The van der Waals surface area contributed by atoms with Gasteiger partial charge in [0.15, 0.2) is 0 Å². The molecule has 2 aromatic rings. The molecule has 0 aliphatic heterocycles. The van der Waals surface area contributed by atoms with E-state index in [0.29, 0.717) is 12.3 Å². The zero-order valence-electron chi connectivity index (χ0n) is 18.7. The SMILES string of the molecule is Cc1ccc(N(CC(=O)NCCOc2ccc(C(C)(C)C)cc2)S(C)(=O)=O)c(C)c1. The molecule has 0 heterocycles. The standard InChI is InChI=1S/C23H32N2O4S/c1-17-7-12-21(18(2)15-17)25(30(6,27)28)16-22(26)24-13-14-29-20-10-8-19(9-11-20)23(3,4)5/h7-12,15H,13-14,16H2,1-6H3,(H,24,26). The number of anilines is 1. The molecule has 0 aliphatic rings. The average molecular weight is 433 g/mol. The van der Waals surface area contributed by atoms with Gasteiger partial charge >= 0.3 is 0 Å². The van der Waals surface area contributed by atoms with E-state index in [9.17, 15) is 13.2 Å². The summed E-state index contributed by atoms with van der Waals surface area (Å²) in [6, 6.07) is 13.3. The largest absolute Gasteiger partial charge is 0.492 e. The van der Waals surface area contributed by atoms with Gasteiger partial charge in [0.1, 0.15) is 18.9 Å². The van der Waals surface area contributed by atoms with Gasteiger partial charge in [0.2, 0.25) is 15.9 Å². The Hall–Kier alpha value is -2.54. The summed E-state index contributed by atoms with van der Waals surface area (Å²) in [5.74, 6) is 0.345. The number of ether oxygens (including phenoxy) is 1. The van der Waals surface area contributed by atoms with Crippen LogP contribution in [-0.4, -0.2) is 40.3 Å². The van der Waals surface area contributed by atoms with Crippen molar-refractivity contribution in [1.29, 1.82) is 0 Å². The number of nitrogens with one attached hydrogen (secondary N) is 1. The van der Waals surface area contributed by atoms with Crippen molar-refractivity contribution in [2.24, 2.45) is 0 Å². The third kappa shape index (κ3) is 6.76. The molecular weight excluding hydrogens is 400 g/mol. The van der Waals surface area contributed by atoms with Crippen molar-refractivity contribution in [1.82, 2.24) is 5.32 Å². The van der Waals surface area contributed by atoms with Gasteiger partial charge in [0.05, 0.1) is 18.5 Å². The summed E-state index contributed by atoms with van der Waals surface area (Å²) in [5, 5.41) is 2.72. The van der Waals surface area contributed by atoms with Crippen LogP contribution >= 0.6 is 0 Å². The van der Waals surface area contributed by atoms with Crippen LogP contribution < -0.4 is 14.4 Å². The van der Waals surface area contributed by atoms with Crippen LogP contribution in [0.3, 0.4) is 0 Å². The van der Waals surface area contributed by atoms with E-state index in [1.807, 2.05) is 50.2 Å². The molecule has 7 heteroatoms. The van der Waals surface area contributed by atoms with Gasteiger partial charge in [0.25, 0.3) is 0 Å². The van der Waals surface area contributed by atoms with Crippen LogP contribution in [0, 0.1) is 13.8 Å². The normalized spacial score (nSPS) is 11.8. The molecule has 30 heavy (non-hydrogen) atoms. The summed E-state index contributed by atoms with van der Waals surface area (Å²) in [6.45, 7) is 10.5. The Balaban J connectivity index is 1.90. The first-order chi connectivity index (χ1) is 13.9. The number of nitrogens with zero attached hydrogens (tertiary/aromatic N) is 1. The van der Waals surface area contributed by atoms with Crippen LogP contribution in [0.25, 0.3) is 0 Å². The molecule has 2 aromatic carbocycles. The predicted molar refractivity (Wildman–Crippen MR) is 122 cm³/mol. The smallest absolute Gasteiger partial charge is 0.240 e. The number of rotatable bonds is 8. The van der Waals surface area contributed by atoms with Gasteiger partial charge in [-0.25, -0.2) is 8.42 Å². The van der Waals surface area contributed by atoms with Gasteiger partial charge in [-0.2, -0.15) is 0 Å². The number of carbonyl (C=O) groups excluding carboxylic acids is 1. The van der Waals surface area contributed by atoms with Gasteiger partial charge in [-0.15, -0.1) is 0 Å². The van der Waals surface area contributed by atoms with E-state index < -0.39 is 10.0 Å². The average Bonchev–Trinajstić information content (AvgIpc) is 2.63. The van der Waals surface area contributed by atoms with Crippen LogP contribution in [-0.2, 0) is 20.2 Å². The Labute approximate surface area is 180 Å². The predicted octanol–water partition coefficient (Wildman–Crippen LogP) is 3.56. The fourth-order valence-corrected chi connectivity index (χ4v) is 3.98. The van der Waals surface area contributed by atoms with Crippen molar-refractivity contribution in [3.05, 3.63) is 59.2 Å². The molecule has 0 aromatic heterocycles. The van der Waals surface area contributed by atoms with E-state index in [4.69, 9.17) is 4.74 Å². The lowest BCUT2D eigenvalue weighted by molar-refractivity contribution is -0.119. The van der Waals surface area contributed by atoms with Crippen molar-refractivity contribution in [3.63, 3.8) is 0 Å². The van der Waals surface area contributed by atoms with E-state index in [1.165, 1.54) is 5.56 Å². The third-order valence-corrected chi connectivity index (χ3v) is 5.85. The first kappa shape index (κ1) is 23.7. The summed E-state index contributed by atoms with van der Waals surface area (Å²) in [4.78, 5) is 12.3. The van der Waals surface area contributed by atoms with E-state index in [1.54, 1.807) is 6.07 Å². The summed E-state index contributed by atoms with van der Waals surface area (Å²) in [7, 11) is -3.60. The molecule has 0 unspecified atom stereocenters. The van der Waals surface area contributed by atoms with Crippen LogP contribution in [0.1, 0.15) is 37.5 Å². The minimum atomic E-state index is -3.60.